The van der Waals surface area contributed by atoms with Crippen LogP contribution in [0.2, 0.25) is 5.02 Å². The number of fused-ring (bicyclic) bond motifs is 2. The number of aryl methyl sites for hydroxylation is 1. The molecule has 4 rings (SSSR count). The zero-order valence-corrected chi connectivity index (χ0v) is 15.5. The van der Waals surface area contributed by atoms with E-state index in [2.05, 4.69) is 22.5 Å². The van der Waals surface area contributed by atoms with Crippen molar-refractivity contribution in [3.8, 4) is 0 Å². The number of carbonyl (C=O) groups excluding carboxylic acids is 2. The number of nitrogens with one attached hydrogen (secondary N) is 2. The summed E-state index contributed by atoms with van der Waals surface area (Å²) in [6, 6.07) is 4.89. The maximum absolute atomic E-state index is 12.8. The fourth-order valence-corrected chi connectivity index (χ4v) is 4.17. The fraction of sp³-hybridized carbons (Fsp3) is 0.450. The van der Waals surface area contributed by atoms with Gasteiger partial charge < -0.3 is 10.6 Å². The van der Waals surface area contributed by atoms with E-state index in [4.69, 9.17) is 11.6 Å². The molecule has 0 aromatic heterocycles. The second-order valence-corrected chi connectivity index (χ2v) is 7.86. The number of amides is 2. The molecule has 1 aromatic rings. The molecule has 0 bridgehead atoms. The number of rotatable bonds is 2. The Kier molecular flexibility index (Phi) is 4.57. The summed E-state index contributed by atoms with van der Waals surface area (Å²) < 4.78 is 0. The van der Waals surface area contributed by atoms with Crippen LogP contribution in [-0.4, -0.2) is 30.1 Å². The lowest BCUT2D eigenvalue weighted by molar-refractivity contribution is -0.124. The van der Waals surface area contributed by atoms with Crippen LogP contribution in [0.1, 0.15) is 38.2 Å². The van der Waals surface area contributed by atoms with Gasteiger partial charge in [-0.3, -0.25) is 14.6 Å². The van der Waals surface area contributed by atoms with E-state index in [1.165, 1.54) is 0 Å². The molecule has 1 saturated carbocycles. The smallest absolute Gasteiger partial charge is 0.250 e. The van der Waals surface area contributed by atoms with Crippen LogP contribution in [0, 0.1) is 5.92 Å². The lowest BCUT2D eigenvalue weighted by Gasteiger charge is -2.22. The molecule has 0 spiro atoms. The van der Waals surface area contributed by atoms with Crippen molar-refractivity contribution < 1.29 is 9.59 Å². The first-order chi connectivity index (χ1) is 12.5. The molecular formula is C20H22ClN3O2. The lowest BCUT2D eigenvalue weighted by atomic mass is 9.84. The van der Waals surface area contributed by atoms with Gasteiger partial charge in [0.2, 0.25) is 11.8 Å². The molecule has 6 heteroatoms. The van der Waals surface area contributed by atoms with Crippen molar-refractivity contribution in [1.29, 1.82) is 0 Å². The zero-order valence-electron chi connectivity index (χ0n) is 14.8. The molecule has 3 aliphatic rings. The Morgan fingerprint density at radius 3 is 3.00 bits per heavy atom. The molecule has 5 nitrogen and oxygen atoms in total. The summed E-state index contributed by atoms with van der Waals surface area (Å²) in [7, 11) is 0. The van der Waals surface area contributed by atoms with Crippen LogP contribution in [0.4, 0.5) is 5.69 Å². The van der Waals surface area contributed by atoms with Gasteiger partial charge in [0.1, 0.15) is 6.04 Å². The summed E-state index contributed by atoms with van der Waals surface area (Å²) in [5.41, 5.74) is 4.69. The highest BCUT2D eigenvalue weighted by Crippen LogP contribution is 2.32. The highest BCUT2D eigenvalue weighted by atomic mass is 35.5. The topological polar surface area (TPSA) is 70.6 Å². The van der Waals surface area contributed by atoms with Crippen molar-refractivity contribution in [2.45, 2.75) is 45.1 Å². The number of hydrogen-bond acceptors (Lipinski definition) is 3. The summed E-state index contributed by atoms with van der Waals surface area (Å²) >= 11 is 6.05. The second kappa shape index (κ2) is 6.88. The van der Waals surface area contributed by atoms with Gasteiger partial charge in [0.15, 0.2) is 0 Å². The number of benzene rings is 1. The van der Waals surface area contributed by atoms with Crippen LogP contribution in [-0.2, 0) is 16.0 Å². The van der Waals surface area contributed by atoms with Gasteiger partial charge >= 0.3 is 0 Å². The average molecular weight is 372 g/mol. The van der Waals surface area contributed by atoms with Crippen molar-refractivity contribution in [3.05, 3.63) is 39.9 Å². The standard InChI is InChI=1S/C20H22ClN3O2/c1-11-2-5-17-14(8-11)15(10-22-17)19(25)24-18-6-3-12-9-13(21)4-7-16(12)23-20(18)26/h4,7,9,11,18H,2-3,5-6,8,10H2,1H3,(H,23,26)(H,24,25)/t11?,18-/m0/s1. The number of halogens is 1. The Labute approximate surface area is 157 Å². The summed E-state index contributed by atoms with van der Waals surface area (Å²) in [6.45, 7) is 2.64. The SMILES string of the molecule is CC1CCC2=NCC(C(=O)N[C@H]3CCc4cc(Cl)ccc4NC3=O)=C2C1. The molecule has 2 amide bonds. The number of aliphatic imine (C=N–C) groups is 1. The highest BCUT2D eigenvalue weighted by Gasteiger charge is 2.31. The molecule has 0 radical (unpaired) electrons. The van der Waals surface area contributed by atoms with Crippen LogP contribution in [0.15, 0.2) is 34.3 Å². The van der Waals surface area contributed by atoms with Gasteiger partial charge in [-0.2, -0.15) is 0 Å². The largest absolute Gasteiger partial charge is 0.340 e. The van der Waals surface area contributed by atoms with Crippen LogP contribution < -0.4 is 10.6 Å². The number of anilines is 1. The monoisotopic (exact) mass is 371 g/mol. The molecule has 1 unspecified atom stereocenters. The molecule has 1 aliphatic carbocycles. The first kappa shape index (κ1) is 17.3. The first-order valence-electron chi connectivity index (χ1n) is 9.17. The Bertz CT molecular complexity index is 843. The van der Waals surface area contributed by atoms with E-state index in [0.29, 0.717) is 30.3 Å². The Hall–Kier alpha value is -2.14. The molecule has 26 heavy (non-hydrogen) atoms. The molecular weight excluding hydrogens is 350 g/mol. The molecule has 2 atom stereocenters. The van der Waals surface area contributed by atoms with Crippen LogP contribution >= 0.6 is 11.6 Å². The van der Waals surface area contributed by atoms with Crippen molar-refractivity contribution in [1.82, 2.24) is 5.32 Å². The normalized spacial score (nSPS) is 25.0. The molecule has 1 aromatic carbocycles. The number of nitrogens with zero attached hydrogens (tertiary/aromatic N) is 1. The first-order valence-corrected chi connectivity index (χ1v) is 9.55. The fourth-order valence-electron chi connectivity index (χ4n) is 3.98. The molecule has 1 fully saturated rings. The van der Waals surface area contributed by atoms with E-state index in [-0.39, 0.29) is 11.8 Å². The van der Waals surface area contributed by atoms with Crippen LogP contribution in [0.5, 0.6) is 0 Å². The van der Waals surface area contributed by atoms with E-state index in [1.807, 2.05) is 12.1 Å². The van der Waals surface area contributed by atoms with Gasteiger partial charge in [-0.15, -0.1) is 0 Å². The summed E-state index contributed by atoms with van der Waals surface area (Å²) in [4.78, 5) is 29.9. The minimum absolute atomic E-state index is 0.156. The third kappa shape index (κ3) is 3.28. The van der Waals surface area contributed by atoms with E-state index in [0.717, 1.165) is 47.4 Å². The van der Waals surface area contributed by atoms with E-state index < -0.39 is 6.04 Å². The van der Waals surface area contributed by atoms with Crippen molar-refractivity contribution in [3.63, 3.8) is 0 Å². The number of hydrogen-bond donors (Lipinski definition) is 2. The zero-order chi connectivity index (χ0) is 18.3. The Morgan fingerprint density at radius 2 is 2.15 bits per heavy atom. The van der Waals surface area contributed by atoms with Crippen LogP contribution in [0.3, 0.4) is 0 Å². The van der Waals surface area contributed by atoms with Crippen LogP contribution in [0.25, 0.3) is 0 Å². The molecule has 0 saturated heterocycles. The predicted octanol–water partition coefficient (Wildman–Crippen LogP) is 3.28. The van der Waals surface area contributed by atoms with Gasteiger partial charge in [0.25, 0.3) is 0 Å². The van der Waals surface area contributed by atoms with E-state index >= 15 is 0 Å². The minimum atomic E-state index is -0.549. The maximum atomic E-state index is 12.8. The maximum Gasteiger partial charge on any atom is 0.250 e. The Morgan fingerprint density at radius 1 is 1.31 bits per heavy atom. The molecule has 2 aliphatic heterocycles. The van der Waals surface area contributed by atoms with Crippen molar-refractivity contribution >= 4 is 34.8 Å². The van der Waals surface area contributed by atoms with Gasteiger partial charge in [0.05, 0.1) is 6.54 Å². The molecule has 136 valence electrons. The predicted molar refractivity (Wildman–Crippen MR) is 103 cm³/mol. The average Bonchev–Trinajstić information content (AvgIpc) is 2.96. The minimum Gasteiger partial charge on any atom is -0.340 e. The van der Waals surface area contributed by atoms with Crippen molar-refractivity contribution in [2.24, 2.45) is 10.9 Å². The summed E-state index contributed by atoms with van der Waals surface area (Å²) in [6.07, 6.45) is 4.22. The quantitative estimate of drug-likeness (QED) is 0.837. The van der Waals surface area contributed by atoms with Crippen molar-refractivity contribution in [2.75, 3.05) is 11.9 Å². The van der Waals surface area contributed by atoms with E-state index in [9.17, 15) is 9.59 Å². The van der Waals surface area contributed by atoms with Gasteiger partial charge in [-0.1, -0.05) is 18.5 Å². The van der Waals surface area contributed by atoms with Gasteiger partial charge in [-0.25, -0.2) is 0 Å². The third-order valence-electron chi connectivity index (χ3n) is 5.49. The van der Waals surface area contributed by atoms with E-state index in [1.54, 1.807) is 6.07 Å². The summed E-state index contributed by atoms with van der Waals surface area (Å²) in [5.74, 6) is 0.239. The van der Waals surface area contributed by atoms with Gasteiger partial charge in [0, 0.05) is 22.0 Å². The summed E-state index contributed by atoms with van der Waals surface area (Å²) in [5, 5.41) is 6.48. The Balaban J connectivity index is 1.49. The molecule has 2 N–H and O–H groups in total. The number of carbonyl (C=O) groups is 2. The van der Waals surface area contributed by atoms with Gasteiger partial charge in [-0.05, 0) is 67.4 Å². The lowest BCUT2D eigenvalue weighted by Crippen LogP contribution is -2.44. The third-order valence-corrected chi connectivity index (χ3v) is 5.73. The number of allylic oxidation sites excluding steroid dienone is 1. The highest BCUT2D eigenvalue weighted by molar-refractivity contribution is 6.30. The second-order valence-electron chi connectivity index (χ2n) is 7.42. The molecule has 2 heterocycles.